The van der Waals surface area contributed by atoms with Gasteiger partial charge in [-0.2, -0.15) is 0 Å². The highest BCUT2D eigenvalue weighted by Crippen LogP contribution is 2.39. The van der Waals surface area contributed by atoms with Crippen molar-refractivity contribution in [2.24, 2.45) is 5.73 Å². The van der Waals surface area contributed by atoms with Crippen LogP contribution in [0.2, 0.25) is 0 Å². The number of rotatable bonds is 6. The lowest BCUT2D eigenvalue weighted by Crippen LogP contribution is -2.12. The number of anilines is 1. The Morgan fingerprint density at radius 3 is 2.16 bits per heavy atom. The first-order valence-corrected chi connectivity index (χ1v) is 9.71. The number of hydrogen-bond donors (Lipinski definition) is 2. The molecule has 0 saturated heterocycles. The van der Waals surface area contributed by atoms with E-state index in [1.165, 1.54) is 0 Å². The van der Waals surface area contributed by atoms with Gasteiger partial charge >= 0.3 is 0 Å². The van der Waals surface area contributed by atoms with Crippen LogP contribution < -0.4 is 16.2 Å². The summed E-state index contributed by atoms with van der Waals surface area (Å²) in [4.78, 5) is 16.0. The maximum atomic E-state index is 11.8. The number of hydrogen-bond acceptors (Lipinski definition) is 4. The summed E-state index contributed by atoms with van der Waals surface area (Å²) < 4.78 is 5.88. The van der Waals surface area contributed by atoms with Gasteiger partial charge in [0, 0.05) is 17.3 Å². The predicted molar refractivity (Wildman–Crippen MR) is 124 cm³/mol. The molecule has 0 aliphatic carbocycles. The molecule has 5 heteroatoms. The quantitative estimate of drug-likeness (QED) is 0.425. The summed E-state index contributed by atoms with van der Waals surface area (Å²) in [7, 11) is 0. The highest BCUT2D eigenvalue weighted by Gasteiger charge is 2.18. The summed E-state index contributed by atoms with van der Waals surface area (Å²) in [5, 5.41) is 0. The molecule has 4 N–H and O–H groups in total. The summed E-state index contributed by atoms with van der Waals surface area (Å²) in [6.07, 6.45) is 1.66. The Bertz CT molecular complexity index is 1250. The Kier molecular flexibility index (Phi) is 5.49. The normalized spacial score (nSPS) is 10.5. The number of nitrogens with two attached hydrogens (primary N) is 2. The SMILES string of the molecule is C=C(C(N)=O)c1ccccc1-c1c(-c2ccc(Oc3ccccc3)cc2)ccnc1N. The third-order valence-electron chi connectivity index (χ3n) is 4.94. The number of para-hydroxylation sites is 1. The van der Waals surface area contributed by atoms with Crippen LogP contribution >= 0.6 is 0 Å². The largest absolute Gasteiger partial charge is 0.457 e. The number of ether oxygens (including phenoxy) is 1. The van der Waals surface area contributed by atoms with Crippen molar-refractivity contribution >= 4 is 17.3 Å². The summed E-state index contributed by atoms with van der Waals surface area (Å²) in [6.45, 7) is 3.84. The Morgan fingerprint density at radius 2 is 1.45 bits per heavy atom. The number of carbonyl (C=O) groups excluding carboxylic acids is 1. The van der Waals surface area contributed by atoms with Crippen molar-refractivity contribution in [2.45, 2.75) is 0 Å². The Balaban J connectivity index is 1.77. The fourth-order valence-electron chi connectivity index (χ4n) is 3.43. The van der Waals surface area contributed by atoms with E-state index >= 15 is 0 Å². The molecule has 4 rings (SSSR count). The molecule has 0 saturated carbocycles. The van der Waals surface area contributed by atoms with E-state index in [1.54, 1.807) is 12.3 Å². The first kappa shape index (κ1) is 19.9. The Morgan fingerprint density at radius 1 is 0.806 bits per heavy atom. The summed E-state index contributed by atoms with van der Waals surface area (Å²) in [5.41, 5.74) is 15.9. The second-order valence-electron chi connectivity index (χ2n) is 6.95. The second-order valence-corrected chi connectivity index (χ2v) is 6.95. The van der Waals surface area contributed by atoms with Gasteiger partial charge in [-0.25, -0.2) is 4.98 Å². The minimum absolute atomic E-state index is 0.219. The van der Waals surface area contributed by atoms with Crippen LogP contribution in [0.3, 0.4) is 0 Å². The molecule has 0 aliphatic rings. The van der Waals surface area contributed by atoms with Crippen LogP contribution in [0, 0.1) is 0 Å². The fourth-order valence-corrected chi connectivity index (χ4v) is 3.43. The number of nitrogens with zero attached hydrogens (tertiary/aromatic N) is 1. The zero-order valence-corrected chi connectivity index (χ0v) is 16.8. The van der Waals surface area contributed by atoms with Gasteiger partial charge in [-0.05, 0) is 52.6 Å². The zero-order valence-electron chi connectivity index (χ0n) is 16.8. The van der Waals surface area contributed by atoms with E-state index in [-0.39, 0.29) is 5.57 Å². The molecule has 4 aromatic rings. The number of carbonyl (C=O) groups is 1. The smallest absolute Gasteiger partial charge is 0.248 e. The van der Waals surface area contributed by atoms with Gasteiger partial charge in [-0.1, -0.05) is 61.2 Å². The third kappa shape index (κ3) is 4.16. The molecule has 0 fully saturated rings. The molecule has 31 heavy (non-hydrogen) atoms. The van der Waals surface area contributed by atoms with Crippen LogP contribution in [0.15, 0.2) is 97.7 Å². The Labute approximate surface area is 180 Å². The molecule has 0 atom stereocenters. The van der Waals surface area contributed by atoms with E-state index in [0.717, 1.165) is 33.8 Å². The van der Waals surface area contributed by atoms with Gasteiger partial charge in [-0.3, -0.25) is 4.79 Å². The molecule has 1 amide bonds. The maximum absolute atomic E-state index is 11.8. The molecule has 0 aliphatic heterocycles. The lowest BCUT2D eigenvalue weighted by atomic mass is 9.90. The second kappa shape index (κ2) is 8.55. The first-order chi connectivity index (χ1) is 15.0. The molecule has 152 valence electrons. The molecule has 1 aromatic heterocycles. The lowest BCUT2D eigenvalue weighted by Gasteiger charge is -2.16. The average Bonchev–Trinajstić information content (AvgIpc) is 2.79. The molecule has 0 bridgehead atoms. The van der Waals surface area contributed by atoms with Crippen molar-refractivity contribution in [1.29, 1.82) is 0 Å². The van der Waals surface area contributed by atoms with E-state index in [4.69, 9.17) is 16.2 Å². The first-order valence-electron chi connectivity index (χ1n) is 9.71. The number of nitrogen functional groups attached to an aromatic ring is 1. The highest BCUT2D eigenvalue weighted by atomic mass is 16.5. The highest BCUT2D eigenvalue weighted by molar-refractivity contribution is 6.20. The zero-order chi connectivity index (χ0) is 21.8. The van der Waals surface area contributed by atoms with Crippen LogP contribution in [0.5, 0.6) is 11.5 Å². The van der Waals surface area contributed by atoms with E-state index in [0.29, 0.717) is 11.4 Å². The van der Waals surface area contributed by atoms with E-state index in [1.807, 2.05) is 78.9 Å². The van der Waals surface area contributed by atoms with Crippen molar-refractivity contribution in [3.8, 4) is 33.8 Å². The van der Waals surface area contributed by atoms with Crippen LogP contribution in [0.4, 0.5) is 5.82 Å². The molecule has 0 unspecified atom stereocenters. The Hall–Kier alpha value is -4.38. The topological polar surface area (TPSA) is 91.2 Å². The summed E-state index contributed by atoms with van der Waals surface area (Å²) in [5.74, 6) is 1.26. The van der Waals surface area contributed by atoms with Gasteiger partial charge in [-0.15, -0.1) is 0 Å². The average molecular weight is 407 g/mol. The molecule has 0 spiro atoms. The number of pyridine rings is 1. The lowest BCUT2D eigenvalue weighted by molar-refractivity contribution is -0.112. The van der Waals surface area contributed by atoms with E-state index < -0.39 is 5.91 Å². The monoisotopic (exact) mass is 407 g/mol. The molecule has 5 nitrogen and oxygen atoms in total. The standard InChI is InChI=1S/C26H21N3O2/c1-17(26(28)30)21-9-5-6-10-23(21)24-22(15-16-29-25(24)27)18-11-13-20(14-12-18)31-19-7-3-2-4-8-19/h2-16H,1H2,(H2,27,29)(H2,28,30). The van der Waals surface area contributed by atoms with Gasteiger partial charge in [0.2, 0.25) is 5.91 Å². The number of benzene rings is 3. The fraction of sp³-hybridized carbons (Fsp3) is 0. The molecule has 1 heterocycles. The number of aromatic nitrogens is 1. The van der Waals surface area contributed by atoms with Gasteiger partial charge in [0.25, 0.3) is 0 Å². The number of primary amides is 1. The van der Waals surface area contributed by atoms with Crippen LogP contribution in [-0.4, -0.2) is 10.9 Å². The van der Waals surface area contributed by atoms with Crippen molar-refractivity contribution < 1.29 is 9.53 Å². The van der Waals surface area contributed by atoms with Crippen molar-refractivity contribution in [3.63, 3.8) is 0 Å². The predicted octanol–water partition coefficient (Wildman–Crippen LogP) is 5.29. The maximum Gasteiger partial charge on any atom is 0.248 e. The van der Waals surface area contributed by atoms with Crippen molar-refractivity contribution in [1.82, 2.24) is 4.98 Å². The summed E-state index contributed by atoms with van der Waals surface area (Å²) in [6, 6.07) is 26.6. The van der Waals surface area contributed by atoms with Crippen molar-refractivity contribution in [2.75, 3.05) is 5.73 Å². The third-order valence-corrected chi connectivity index (χ3v) is 4.94. The van der Waals surface area contributed by atoms with E-state index in [9.17, 15) is 4.79 Å². The minimum atomic E-state index is -0.584. The van der Waals surface area contributed by atoms with Gasteiger partial charge in [0.1, 0.15) is 17.3 Å². The molecular weight excluding hydrogens is 386 g/mol. The molecule has 0 radical (unpaired) electrons. The van der Waals surface area contributed by atoms with Gasteiger partial charge in [0.15, 0.2) is 0 Å². The minimum Gasteiger partial charge on any atom is -0.457 e. The van der Waals surface area contributed by atoms with Gasteiger partial charge < -0.3 is 16.2 Å². The van der Waals surface area contributed by atoms with Gasteiger partial charge in [0.05, 0.1) is 0 Å². The number of amides is 1. The summed E-state index contributed by atoms with van der Waals surface area (Å²) >= 11 is 0. The van der Waals surface area contributed by atoms with Crippen molar-refractivity contribution in [3.05, 3.63) is 103 Å². The van der Waals surface area contributed by atoms with Crippen LogP contribution in [0.25, 0.3) is 27.8 Å². The molecular formula is C26H21N3O2. The van der Waals surface area contributed by atoms with Crippen LogP contribution in [-0.2, 0) is 4.79 Å². The van der Waals surface area contributed by atoms with Crippen LogP contribution in [0.1, 0.15) is 5.56 Å². The van der Waals surface area contributed by atoms with E-state index in [2.05, 4.69) is 11.6 Å². The molecule has 3 aromatic carbocycles.